The molecule has 15 heteroatoms. The van der Waals surface area contributed by atoms with Crippen molar-refractivity contribution in [2.75, 3.05) is 20.3 Å². The van der Waals surface area contributed by atoms with Crippen LogP contribution in [0.15, 0.2) is 23.8 Å². The molecule has 2 rings (SSSR count). The van der Waals surface area contributed by atoms with E-state index in [0.717, 1.165) is 32.6 Å². The van der Waals surface area contributed by atoms with Crippen LogP contribution in [0.3, 0.4) is 0 Å². The number of rotatable bonds is 23. The summed E-state index contributed by atoms with van der Waals surface area (Å²) in [4.78, 5) is 81.4. The lowest BCUT2D eigenvalue weighted by Gasteiger charge is -2.36. The number of carbonyl (C=O) groups is 6. The normalized spacial score (nSPS) is 31.7. The second-order valence-electron chi connectivity index (χ2n) is 19.1. The van der Waals surface area contributed by atoms with E-state index < -0.39 is 126 Å². The monoisotopic (exact) mass is 937 g/mol. The molecule has 378 valence electrons. The van der Waals surface area contributed by atoms with Crippen LogP contribution in [0.1, 0.15) is 165 Å². The maximum absolute atomic E-state index is 14.8. The molecule has 0 saturated carbocycles. The van der Waals surface area contributed by atoms with Gasteiger partial charge in [0.2, 0.25) is 0 Å². The predicted molar refractivity (Wildman–Crippen MR) is 248 cm³/mol. The summed E-state index contributed by atoms with van der Waals surface area (Å²) in [6.45, 7) is 12.4. The van der Waals surface area contributed by atoms with Gasteiger partial charge in [-0.05, 0) is 32.8 Å². The maximum Gasteiger partial charge on any atom is 0.337 e. The van der Waals surface area contributed by atoms with Gasteiger partial charge in [0.1, 0.15) is 48.7 Å². The highest BCUT2D eigenvalue weighted by atomic mass is 16.6. The zero-order valence-electron chi connectivity index (χ0n) is 41.6. The lowest BCUT2D eigenvalue weighted by atomic mass is 9.76. The zero-order valence-corrected chi connectivity index (χ0v) is 41.6. The first-order chi connectivity index (χ1) is 31.1. The zero-order chi connectivity index (χ0) is 49.8. The molecule has 15 nitrogen and oxygen atoms in total. The summed E-state index contributed by atoms with van der Waals surface area (Å²) in [6, 6.07) is 0. The Hall–Kier alpha value is -3.34. The predicted octanol–water partition coefficient (Wildman–Crippen LogP) is 6.66. The Morgan fingerprint density at radius 1 is 0.909 bits per heavy atom. The van der Waals surface area contributed by atoms with Gasteiger partial charge in [0.25, 0.3) is 0 Å². The number of Topliss-reactive ketones (excluding diaryl/α,β-unsaturated/α-hetero) is 3. The third-order valence-corrected chi connectivity index (χ3v) is 13.6. The topological polar surface area (TPSA) is 233 Å². The minimum atomic E-state index is -3.03. The number of hydrogen-bond donors (Lipinski definition) is 4. The first kappa shape index (κ1) is 58.8. The van der Waals surface area contributed by atoms with Crippen molar-refractivity contribution in [3.05, 3.63) is 23.8 Å². The van der Waals surface area contributed by atoms with Crippen LogP contribution >= 0.6 is 0 Å². The van der Waals surface area contributed by atoms with E-state index in [0.29, 0.717) is 6.42 Å². The number of allylic oxidation sites excluding steroid dienone is 2. The van der Waals surface area contributed by atoms with Crippen molar-refractivity contribution in [3.63, 3.8) is 0 Å². The molecule has 13 unspecified atom stereocenters. The van der Waals surface area contributed by atoms with Gasteiger partial charge >= 0.3 is 17.9 Å². The van der Waals surface area contributed by atoms with E-state index in [4.69, 9.17) is 23.7 Å². The van der Waals surface area contributed by atoms with Crippen LogP contribution < -0.4 is 0 Å². The fraction of sp³-hybridized carbons (Fsp3) is 0.804. The number of aliphatic hydroxyl groups is 4. The van der Waals surface area contributed by atoms with Crippen molar-refractivity contribution in [2.45, 2.75) is 213 Å². The lowest BCUT2D eigenvalue weighted by Crippen LogP contribution is -2.60. The fourth-order valence-electron chi connectivity index (χ4n) is 9.22. The Morgan fingerprint density at radius 2 is 1.45 bits per heavy atom. The quantitative estimate of drug-likeness (QED) is 0.0276. The molecule has 2 aliphatic heterocycles. The minimum Gasteiger partial charge on any atom is -0.463 e. The molecule has 0 aliphatic carbocycles. The molecule has 2 heterocycles. The number of methoxy groups -OCH3 is 1. The number of hydrogen-bond acceptors (Lipinski definition) is 15. The summed E-state index contributed by atoms with van der Waals surface area (Å²) in [7, 11) is 1.17. The van der Waals surface area contributed by atoms with Crippen LogP contribution in [0, 0.1) is 29.6 Å². The van der Waals surface area contributed by atoms with Crippen LogP contribution in [0.2, 0.25) is 0 Å². The molecule has 0 radical (unpaired) electrons. The molecule has 13 atom stereocenters. The summed E-state index contributed by atoms with van der Waals surface area (Å²) >= 11 is 0. The first-order valence-electron chi connectivity index (χ1n) is 24.5. The van der Waals surface area contributed by atoms with Crippen molar-refractivity contribution in [3.8, 4) is 0 Å². The summed E-state index contributed by atoms with van der Waals surface area (Å²) in [6.07, 6.45) is 10.4. The second-order valence-corrected chi connectivity index (χ2v) is 19.1. The molecule has 0 spiro atoms. The number of unbranched alkanes of at least 4 members (excludes halogenated alkanes) is 13. The number of aliphatic hydroxyl groups excluding tert-OH is 3. The number of ether oxygens (including phenoxy) is 5. The molecule has 0 amide bonds. The number of cyclic esters (lactones) is 1. The third-order valence-electron chi connectivity index (χ3n) is 13.6. The van der Waals surface area contributed by atoms with Crippen LogP contribution in [0.4, 0.5) is 0 Å². The molecule has 0 aromatic heterocycles. The van der Waals surface area contributed by atoms with Gasteiger partial charge in [0.05, 0.1) is 24.0 Å². The van der Waals surface area contributed by atoms with Crippen molar-refractivity contribution in [1.82, 2.24) is 0 Å². The molecule has 1 fully saturated rings. The number of ketones is 3. The summed E-state index contributed by atoms with van der Waals surface area (Å²) in [5, 5.41) is 47.2. The number of carbonyl (C=O) groups excluding carboxylic acids is 6. The molecule has 2 aliphatic rings. The standard InChI is InChI=1S/C51H84O15/c1-11-13-14-15-16-17-18-19-20-21-22-23-24-25-27-41(55)64-31-51(61)40(54)29-39(53)33(4)28-34(5)44(65-37(8)52)35(6)42(56)36(7)45(62-10)43(57)49(60)63-30-38(47(51)59)46(58)50(9)48(66-50)32(3)26-12-2/h12,26,28,32-33,35-36,38,40,43-46,48,54,57-58,61H,11,13-25,27,29-31H2,1-10H3. The van der Waals surface area contributed by atoms with Crippen molar-refractivity contribution < 1.29 is 72.9 Å². The second kappa shape index (κ2) is 28.9. The van der Waals surface area contributed by atoms with Gasteiger partial charge in [-0.3, -0.25) is 24.0 Å². The van der Waals surface area contributed by atoms with E-state index in [1.807, 2.05) is 13.0 Å². The largest absolute Gasteiger partial charge is 0.463 e. The molecular formula is C51H84O15. The molecule has 1 saturated heterocycles. The van der Waals surface area contributed by atoms with Crippen LogP contribution in [-0.4, -0.2) is 124 Å². The van der Waals surface area contributed by atoms with Gasteiger partial charge in [0, 0.05) is 44.6 Å². The van der Waals surface area contributed by atoms with Crippen molar-refractivity contribution in [1.29, 1.82) is 0 Å². The van der Waals surface area contributed by atoms with E-state index in [1.54, 1.807) is 13.0 Å². The summed E-state index contributed by atoms with van der Waals surface area (Å²) < 4.78 is 27.8. The highest BCUT2D eigenvalue weighted by molar-refractivity contribution is 5.93. The van der Waals surface area contributed by atoms with Gasteiger partial charge in [-0.15, -0.1) is 0 Å². The minimum absolute atomic E-state index is 0.0417. The molecular weight excluding hydrogens is 853 g/mol. The van der Waals surface area contributed by atoms with E-state index >= 15 is 0 Å². The SMILES string of the molecule is CC=CC(C)C1OC1(C)C(O)C1COC(=O)C(O)C(OC)C(C)C(=O)C(C)C(OC(C)=O)C(C)=CC(C)C(=O)CC(O)C(O)(COC(=O)CCCCCCCCCCCCCCCC)C1=O. The van der Waals surface area contributed by atoms with E-state index in [9.17, 15) is 49.2 Å². The van der Waals surface area contributed by atoms with E-state index in [-0.39, 0.29) is 17.9 Å². The highest BCUT2D eigenvalue weighted by Gasteiger charge is 2.63. The highest BCUT2D eigenvalue weighted by Crippen LogP contribution is 2.47. The maximum atomic E-state index is 14.8. The van der Waals surface area contributed by atoms with Gasteiger partial charge in [-0.1, -0.05) is 136 Å². The average Bonchev–Trinajstić information content (AvgIpc) is 3.98. The van der Waals surface area contributed by atoms with E-state index in [2.05, 4.69) is 6.92 Å². The molecule has 0 bridgehead atoms. The Kier molecular flexibility index (Phi) is 25.7. The van der Waals surface area contributed by atoms with Gasteiger partial charge in [0.15, 0.2) is 17.5 Å². The van der Waals surface area contributed by atoms with Crippen molar-refractivity contribution in [2.24, 2.45) is 29.6 Å². The molecule has 0 aromatic carbocycles. The first-order valence-corrected chi connectivity index (χ1v) is 24.5. The van der Waals surface area contributed by atoms with Crippen LogP contribution in [0.25, 0.3) is 0 Å². The third kappa shape index (κ3) is 17.3. The van der Waals surface area contributed by atoms with Gasteiger partial charge in [-0.2, -0.15) is 0 Å². The molecule has 66 heavy (non-hydrogen) atoms. The smallest absolute Gasteiger partial charge is 0.337 e. The fourth-order valence-corrected chi connectivity index (χ4v) is 9.22. The summed E-state index contributed by atoms with van der Waals surface area (Å²) in [5.41, 5.74) is -4.17. The average molecular weight is 937 g/mol. The lowest BCUT2D eigenvalue weighted by molar-refractivity contribution is -0.181. The Labute approximate surface area is 393 Å². The van der Waals surface area contributed by atoms with Crippen molar-refractivity contribution >= 4 is 35.3 Å². The van der Waals surface area contributed by atoms with Crippen LogP contribution in [-0.2, 0) is 52.5 Å². The Balaban J connectivity index is 2.43. The van der Waals surface area contributed by atoms with Crippen LogP contribution in [0.5, 0.6) is 0 Å². The number of epoxide rings is 1. The molecule has 4 N–H and O–H groups in total. The summed E-state index contributed by atoms with van der Waals surface area (Å²) in [5.74, 6) is -10.8. The van der Waals surface area contributed by atoms with Gasteiger partial charge < -0.3 is 44.1 Å². The van der Waals surface area contributed by atoms with E-state index in [1.165, 1.54) is 106 Å². The Bertz CT molecular complexity index is 1620. The molecule has 0 aromatic rings. The van der Waals surface area contributed by atoms with Gasteiger partial charge in [-0.25, -0.2) is 4.79 Å². The number of esters is 3. The Morgan fingerprint density at radius 3 is 1.97 bits per heavy atom.